The number of esters is 1. The van der Waals surface area contributed by atoms with Gasteiger partial charge in [0.1, 0.15) is 5.82 Å². The zero-order valence-corrected chi connectivity index (χ0v) is 7.50. The van der Waals surface area contributed by atoms with Crippen molar-refractivity contribution in [2.24, 2.45) is 0 Å². The van der Waals surface area contributed by atoms with E-state index in [-0.39, 0.29) is 12.2 Å². The van der Waals surface area contributed by atoms with Gasteiger partial charge in [-0.25, -0.2) is 4.39 Å². The van der Waals surface area contributed by atoms with E-state index >= 15 is 0 Å². The molecule has 0 saturated carbocycles. The molecule has 1 aromatic rings. The maximum atomic E-state index is 12.8. The van der Waals surface area contributed by atoms with Crippen LogP contribution < -0.4 is 0 Å². The highest BCUT2D eigenvalue weighted by Gasteiger charge is 2.05. The number of hydrogen-bond acceptors (Lipinski definition) is 3. The Kier molecular flexibility index (Phi) is 2.95. The molecule has 1 rings (SSSR count). The highest BCUT2D eigenvalue weighted by molar-refractivity contribution is 5.71. The molecule has 70 valence electrons. The number of hydrogen-bond donors (Lipinski definition) is 0. The van der Waals surface area contributed by atoms with Gasteiger partial charge in [0.05, 0.1) is 19.2 Å². The predicted octanol–water partition coefficient (Wildman–Crippen LogP) is 1.24. The lowest BCUT2D eigenvalue weighted by atomic mass is 10.2. The summed E-state index contributed by atoms with van der Waals surface area (Å²) in [6.45, 7) is 1.67. The molecule has 0 atom stereocenters. The molecule has 0 saturated heterocycles. The lowest BCUT2D eigenvalue weighted by Crippen LogP contribution is -2.06. The van der Waals surface area contributed by atoms with Crippen molar-refractivity contribution in [3.63, 3.8) is 0 Å². The van der Waals surface area contributed by atoms with Crippen LogP contribution in [-0.2, 0) is 16.0 Å². The van der Waals surface area contributed by atoms with E-state index in [1.807, 2.05) is 0 Å². The molecule has 3 nitrogen and oxygen atoms in total. The Labute approximate surface area is 75.6 Å². The van der Waals surface area contributed by atoms with Crippen LogP contribution in [-0.4, -0.2) is 18.1 Å². The van der Waals surface area contributed by atoms with Crippen molar-refractivity contribution in [2.75, 3.05) is 7.11 Å². The summed E-state index contributed by atoms with van der Waals surface area (Å²) >= 11 is 0. The molecule has 0 N–H and O–H groups in total. The van der Waals surface area contributed by atoms with Gasteiger partial charge in [-0.1, -0.05) is 0 Å². The van der Waals surface area contributed by atoms with Crippen LogP contribution in [0, 0.1) is 12.7 Å². The van der Waals surface area contributed by atoms with Crippen molar-refractivity contribution in [1.82, 2.24) is 4.98 Å². The number of halogens is 1. The number of nitrogens with zero attached hydrogens (tertiary/aromatic N) is 1. The van der Waals surface area contributed by atoms with E-state index < -0.39 is 5.97 Å². The van der Waals surface area contributed by atoms with Gasteiger partial charge in [-0.05, 0) is 19.1 Å². The summed E-state index contributed by atoms with van der Waals surface area (Å²) in [6.07, 6.45) is 0.00903. The van der Waals surface area contributed by atoms with E-state index in [2.05, 4.69) is 9.72 Å². The molecule has 1 heterocycles. The fourth-order valence-electron chi connectivity index (χ4n) is 1.00. The number of carbonyl (C=O) groups is 1. The van der Waals surface area contributed by atoms with E-state index in [0.717, 1.165) is 0 Å². The van der Waals surface area contributed by atoms with Crippen LogP contribution in [0.15, 0.2) is 12.1 Å². The number of aryl methyl sites for hydroxylation is 1. The topological polar surface area (TPSA) is 39.2 Å². The molecule has 0 aromatic carbocycles. The second-order valence-electron chi connectivity index (χ2n) is 2.67. The normalized spacial score (nSPS) is 9.77. The molecular weight excluding hydrogens is 173 g/mol. The summed E-state index contributed by atoms with van der Waals surface area (Å²) in [6, 6.07) is 2.53. The third-order valence-corrected chi connectivity index (χ3v) is 1.52. The van der Waals surface area contributed by atoms with Gasteiger partial charge in [-0.2, -0.15) is 0 Å². The number of carbonyl (C=O) groups excluding carboxylic acids is 1. The van der Waals surface area contributed by atoms with Crippen LogP contribution in [0.25, 0.3) is 0 Å². The van der Waals surface area contributed by atoms with Gasteiger partial charge in [0, 0.05) is 5.69 Å². The van der Waals surface area contributed by atoms with Crippen LogP contribution in [0.1, 0.15) is 11.4 Å². The third kappa shape index (κ3) is 2.82. The average molecular weight is 183 g/mol. The molecule has 0 aliphatic carbocycles. The number of pyridine rings is 1. The largest absolute Gasteiger partial charge is 0.469 e. The monoisotopic (exact) mass is 183 g/mol. The molecule has 0 amide bonds. The first-order chi connectivity index (χ1) is 6.11. The number of aromatic nitrogens is 1. The fraction of sp³-hybridized carbons (Fsp3) is 0.333. The van der Waals surface area contributed by atoms with Crippen molar-refractivity contribution in [3.05, 3.63) is 29.3 Å². The van der Waals surface area contributed by atoms with Crippen molar-refractivity contribution >= 4 is 5.97 Å². The first-order valence-corrected chi connectivity index (χ1v) is 3.81. The summed E-state index contributed by atoms with van der Waals surface area (Å²) in [5.74, 6) is -0.802. The summed E-state index contributed by atoms with van der Waals surface area (Å²) in [7, 11) is 1.29. The summed E-state index contributed by atoms with van der Waals surface area (Å²) < 4.78 is 17.2. The van der Waals surface area contributed by atoms with Gasteiger partial charge in [0.15, 0.2) is 0 Å². The van der Waals surface area contributed by atoms with Crippen molar-refractivity contribution in [3.8, 4) is 0 Å². The quantitative estimate of drug-likeness (QED) is 0.647. The maximum Gasteiger partial charge on any atom is 0.311 e. The molecular formula is C9H10FNO2. The molecule has 0 aliphatic heterocycles. The van der Waals surface area contributed by atoms with Crippen LogP contribution in [0.5, 0.6) is 0 Å². The zero-order chi connectivity index (χ0) is 9.84. The maximum absolute atomic E-state index is 12.8. The summed E-state index contributed by atoms with van der Waals surface area (Å²) in [5.41, 5.74) is 0.947. The second-order valence-corrected chi connectivity index (χ2v) is 2.67. The lowest BCUT2D eigenvalue weighted by Gasteiger charge is -2.00. The van der Waals surface area contributed by atoms with Crippen LogP contribution in [0.2, 0.25) is 0 Å². The Morgan fingerprint density at radius 1 is 1.62 bits per heavy atom. The highest BCUT2D eigenvalue weighted by Crippen LogP contribution is 2.04. The average Bonchev–Trinajstić information content (AvgIpc) is 2.02. The molecule has 0 fully saturated rings. The van der Waals surface area contributed by atoms with Crippen molar-refractivity contribution < 1.29 is 13.9 Å². The summed E-state index contributed by atoms with van der Waals surface area (Å²) in [4.78, 5) is 14.8. The predicted molar refractivity (Wildman–Crippen MR) is 44.7 cm³/mol. The number of methoxy groups -OCH3 is 1. The van der Waals surface area contributed by atoms with Gasteiger partial charge in [0.25, 0.3) is 0 Å². The van der Waals surface area contributed by atoms with E-state index in [1.54, 1.807) is 6.92 Å². The SMILES string of the molecule is COC(=O)Cc1cc(F)cc(C)n1. The van der Waals surface area contributed by atoms with Gasteiger partial charge in [-0.3, -0.25) is 9.78 Å². The van der Waals surface area contributed by atoms with Crippen LogP contribution >= 0.6 is 0 Å². The Hall–Kier alpha value is -1.45. The number of rotatable bonds is 2. The van der Waals surface area contributed by atoms with E-state index in [4.69, 9.17) is 0 Å². The van der Waals surface area contributed by atoms with Crippen molar-refractivity contribution in [2.45, 2.75) is 13.3 Å². The van der Waals surface area contributed by atoms with Gasteiger partial charge >= 0.3 is 5.97 Å². The Bertz CT molecular complexity index is 305. The Morgan fingerprint density at radius 2 is 2.31 bits per heavy atom. The zero-order valence-electron chi connectivity index (χ0n) is 7.50. The standard InChI is InChI=1S/C9H10FNO2/c1-6-3-7(10)4-8(11-6)5-9(12)13-2/h3-4H,5H2,1-2H3. The Morgan fingerprint density at radius 3 is 2.85 bits per heavy atom. The van der Waals surface area contributed by atoms with Crippen LogP contribution in [0.3, 0.4) is 0 Å². The molecule has 4 heteroatoms. The highest BCUT2D eigenvalue weighted by atomic mass is 19.1. The molecule has 1 aromatic heterocycles. The molecule has 0 unspecified atom stereocenters. The minimum atomic E-state index is -0.419. The van der Waals surface area contributed by atoms with Gasteiger partial charge < -0.3 is 4.74 Å². The fourth-order valence-corrected chi connectivity index (χ4v) is 1.00. The molecule has 0 spiro atoms. The second kappa shape index (κ2) is 3.98. The summed E-state index contributed by atoms with van der Waals surface area (Å²) in [5, 5.41) is 0. The minimum absolute atomic E-state index is 0.00903. The minimum Gasteiger partial charge on any atom is -0.469 e. The Balaban J connectivity index is 2.83. The van der Waals surface area contributed by atoms with Crippen LogP contribution in [0.4, 0.5) is 4.39 Å². The smallest absolute Gasteiger partial charge is 0.311 e. The van der Waals surface area contributed by atoms with Gasteiger partial charge in [0.2, 0.25) is 0 Å². The molecule has 0 aliphatic rings. The first-order valence-electron chi connectivity index (χ1n) is 3.81. The van der Waals surface area contributed by atoms with Gasteiger partial charge in [-0.15, -0.1) is 0 Å². The molecule has 0 bridgehead atoms. The van der Waals surface area contributed by atoms with E-state index in [1.165, 1.54) is 19.2 Å². The molecule has 13 heavy (non-hydrogen) atoms. The van der Waals surface area contributed by atoms with Crippen molar-refractivity contribution in [1.29, 1.82) is 0 Å². The third-order valence-electron chi connectivity index (χ3n) is 1.52. The molecule has 0 radical (unpaired) electrons. The lowest BCUT2D eigenvalue weighted by molar-refractivity contribution is -0.139. The number of ether oxygens (including phenoxy) is 1. The van der Waals surface area contributed by atoms with E-state index in [9.17, 15) is 9.18 Å². The van der Waals surface area contributed by atoms with E-state index in [0.29, 0.717) is 11.4 Å². The first kappa shape index (κ1) is 9.64.